The van der Waals surface area contributed by atoms with E-state index in [1.807, 2.05) is 0 Å². The first kappa shape index (κ1) is 15.3. The predicted octanol–water partition coefficient (Wildman–Crippen LogP) is 3.39. The van der Waals surface area contributed by atoms with Crippen molar-refractivity contribution in [2.45, 2.75) is 0 Å². The molecule has 1 aromatic carbocycles. The van der Waals surface area contributed by atoms with E-state index in [9.17, 15) is 9.18 Å². The van der Waals surface area contributed by atoms with Crippen LogP contribution in [-0.2, 0) is 4.79 Å². The number of amides is 1. The molecule has 1 N–H and O–H groups in total. The highest BCUT2D eigenvalue weighted by atomic mass is 79.9. The molecule has 4 nitrogen and oxygen atoms in total. The van der Waals surface area contributed by atoms with Crippen LogP contribution in [0.1, 0.15) is 5.76 Å². The van der Waals surface area contributed by atoms with Crippen LogP contribution in [0, 0.1) is 5.82 Å². The second-order valence-electron chi connectivity index (χ2n) is 4.07. The fourth-order valence-corrected chi connectivity index (χ4v) is 1.85. The van der Waals surface area contributed by atoms with E-state index in [0.717, 1.165) is 0 Å². The molecule has 1 aromatic heterocycles. The third kappa shape index (κ3) is 5.43. The minimum Gasteiger partial charge on any atom is -0.492 e. The van der Waals surface area contributed by atoms with E-state index in [-0.39, 0.29) is 18.3 Å². The summed E-state index contributed by atoms with van der Waals surface area (Å²) >= 11 is 3.17. The number of ether oxygens (including phenoxy) is 1. The molecule has 6 heteroatoms. The Hall–Kier alpha value is -2.08. The maximum Gasteiger partial charge on any atom is 0.244 e. The quantitative estimate of drug-likeness (QED) is 0.639. The monoisotopic (exact) mass is 353 g/mol. The maximum absolute atomic E-state index is 12.9. The Labute approximate surface area is 129 Å². The van der Waals surface area contributed by atoms with Crippen molar-refractivity contribution in [1.82, 2.24) is 5.32 Å². The number of carbonyl (C=O) groups excluding carboxylic acids is 1. The molecule has 0 aliphatic carbocycles. The van der Waals surface area contributed by atoms with Crippen LogP contribution < -0.4 is 10.1 Å². The van der Waals surface area contributed by atoms with Gasteiger partial charge in [0.1, 0.15) is 23.9 Å². The highest BCUT2D eigenvalue weighted by Gasteiger charge is 1.99. The second-order valence-corrected chi connectivity index (χ2v) is 4.85. The van der Waals surface area contributed by atoms with Gasteiger partial charge in [0.25, 0.3) is 0 Å². The third-order valence-electron chi connectivity index (χ3n) is 2.46. The molecular formula is C15H13BrFNO3. The number of rotatable bonds is 6. The number of hydrogen-bond acceptors (Lipinski definition) is 3. The molecule has 21 heavy (non-hydrogen) atoms. The summed E-state index contributed by atoms with van der Waals surface area (Å²) in [6, 6.07) is 9.32. The van der Waals surface area contributed by atoms with Gasteiger partial charge >= 0.3 is 0 Å². The minimum absolute atomic E-state index is 0.259. The lowest BCUT2D eigenvalue weighted by Crippen LogP contribution is -2.26. The lowest BCUT2D eigenvalue weighted by Gasteiger charge is -2.06. The Kier molecular flexibility index (Phi) is 5.57. The minimum atomic E-state index is -0.357. The van der Waals surface area contributed by atoms with Gasteiger partial charge in [-0.3, -0.25) is 4.79 Å². The summed E-state index contributed by atoms with van der Waals surface area (Å²) in [6.45, 7) is 0.580. The van der Waals surface area contributed by atoms with E-state index in [1.165, 1.54) is 18.2 Å². The summed E-state index contributed by atoms with van der Waals surface area (Å²) in [4.78, 5) is 11.5. The van der Waals surface area contributed by atoms with E-state index >= 15 is 0 Å². The van der Waals surface area contributed by atoms with E-state index < -0.39 is 0 Å². The van der Waals surface area contributed by atoms with Crippen molar-refractivity contribution in [1.29, 1.82) is 0 Å². The number of hydrogen-bond donors (Lipinski definition) is 1. The Morgan fingerprint density at radius 1 is 1.38 bits per heavy atom. The van der Waals surface area contributed by atoms with E-state index in [4.69, 9.17) is 9.15 Å². The fraction of sp³-hybridized carbons (Fsp3) is 0.133. The molecule has 0 unspecified atom stereocenters. The number of carbonyl (C=O) groups is 1. The van der Waals surface area contributed by atoms with Crippen molar-refractivity contribution in [3.8, 4) is 5.75 Å². The lowest BCUT2D eigenvalue weighted by atomic mass is 10.3. The van der Waals surface area contributed by atoms with E-state index in [2.05, 4.69) is 21.2 Å². The Morgan fingerprint density at radius 3 is 2.95 bits per heavy atom. The van der Waals surface area contributed by atoms with Crippen molar-refractivity contribution >= 4 is 27.9 Å². The Balaban J connectivity index is 1.68. The van der Waals surface area contributed by atoms with Crippen LogP contribution in [0.4, 0.5) is 4.39 Å². The highest BCUT2D eigenvalue weighted by molar-refractivity contribution is 9.10. The van der Waals surface area contributed by atoms with Crippen LogP contribution in [0.5, 0.6) is 5.75 Å². The maximum atomic E-state index is 12.9. The van der Waals surface area contributed by atoms with Gasteiger partial charge in [-0.2, -0.15) is 0 Å². The summed E-state index contributed by atoms with van der Waals surface area (Å²) in [5.41, 5.74) is 0. The molecule has 1 heterocycles. The lowest BCUT2D eigenvalue weighted by molar-refractivity contribution is -0.116. The Bertz CT molecular complexity index is 639. The molecule has 0 fully saturated rings. The zero-order valence-corrected chi connectivity index (χ0v) is 12.6. The molecular weight excluding hydrogens is 341 g/mol. The van der Waals surface area contributed by atoms with Gasteiger partial charge in [0.15, 0.2) is 4.67 Å². The van der Waals surface area contributed by atoms with Gasteiger partial charge in [0.2, 0.25) is 5.91 Å². The van der Waals surface area contributed by atoms with Crippen LogP contribution in [0.15, 0.2) is 51.6 Å². The molecule has 0 bridgehead atoms. The molecule has 0 aliphatic rings. The molecule has 0 spiro atoms. The molecule has 2 rings (SSSR count). The molecule has 2 aromatic rings. The summed E-state index contributed by atoms with van der Waals surface area (Å²) in [5.74, 6) is 0.391. The number of benzene rings is 1. The van der Waals surface area contributed by atoms with Crippen molar-refractivity contribution in [3.63, 3.8) is 0 Å². The first-order chi connectivity index (χ1) is 10.1. The van der Waals surface area contributed by atoms with Crippen LogP contribution in [0.3, 0.4) is 0 Å². The molecule has 0 aliphatic heterocycles. The summed E-state index contributed by atoms with van der Waals surface area (Å²) in [7, 11) is 0. The van der Waals surface area contributed by atoms with Gasteiger partial charge in [0, 0.05) is 12.1 Å². The average Bonchev–Trinajstić information content (AvgIpc) is 2.87. The second kappa shape index (κ2) is 7.64. The molecule has 1 amide bonds. The van der Waals surface area contributed by atoms with Crippen molar-refractivity contribution in [2.75, 3.05) is 13.2 Å². The number of halogens is 2. The summed E-state index contributed by atoms with van der Waals surface area (Å²) in [5, 5.41) is 2.65. The summed E-state index contributed by atoms with van der Waals surface area (Å²) < 4.78 is 24.0. The third-order valence-corrected chi connectivity index (χ3v) is 2.89. The predicted molar refractivity (Wildman–Crippen MR) is 80.3 cm³/mol. The van der Waals surface area contributed by atoms with Gasteiger partial charge in [-0.15, -0.1) is 0 Å². The van der Waals surface area contributed by atoms with Crippen LogP contribution >= 0.6 is 15.9 Å². The average molecular weight is 354 g/mol. The van der Waals surface area contributed by atoms with Crippen molar-refractivity contribution < 1.29 is 18.3 Å². The van der Waals surface area contributed by atoms with Gasteiger partial charge in [-0.1, -0.05) is 6.07 Å². The standard InChI is InChI=1S/C15H13BrFNO3/c16-14-6-4-12(21-14)5-7-15(19)18-8-9-20-13-3-1-2-11(17)10-13/h1-7,10H,8-9H2,(H,18,19)/b7-5+. The molecule has 110 valence electrons. The summed E-state index contributed by atoms with van der Waals surface area (Å²) in [6.07, 6.45) is 2.93. The van der Waals surface area contributed by atoms with E-state index in [1.54, 1.807) is 30.3 Å². The van der Waals surface area contributed by atoms with Crippen LogP contribution in [0.25, 0.3) is 6.08 Å². The normalized spacial score (nSPS) is 10.8. The van der Waals surface area contributed by atoms with Gasteiger partial charge in [-0.05, 0) is 46.3 Å². The first-order valence-corrected chi connectivity index (χ1v) is 7.02. The Morgan fingerprint density at radius 2 is 2.24 bits per heavy atom. The number of nitrogens with one attached hydrogen (secondary N) is 1. The zero-order valence-electron chi connectivity index (χ0n) is 11.0. The molecule has 0 saturated carbocycles. The zero-order chi connectivity index (χ0) is 15.1. The fourth-order valence-electron chi connectivity index (χ4n) is 1.53. The van der Waals surface area contributed by atoms with Crippen LogP contribution in [-0.4, -0.2) is 19.1 Å². The molecule has 0 saturated heterocycles. The van der Waals surface area contributed by atoms with Gasteiger partial charge < -0.3 is 14.5 Å². The highest BCUT2D eigenvalue weighted by Crippen LogP contribution is 2.15. The smallest absolute Gasteiger partial charge is 0.244 e. The number of furan rings is 1. The first-order valence-electron chi connectivity index (χ1n) is 6.23. The van der Waals surface area contributed by atoms with Crippen molar-refractivity contribution in [2.24, 2.45) is 0 Å². The van der Waals surface area contributed by atoms with Crippen molar-refractivity contribution in [3.05, 3.63) is 58.7 Å². The van der Waals surface area contributed by atoms with Gasteiger partial charge in [-0.25, -0.2) is 4.39 Å². The SMILES string of the molecule is O=C(/C=C/c1ccc(Br)o1)NCCOc1cccc(F)c1. The molecule has 0 atom stereocenters. The topological polar surface area (TPSA) is 51.5 Å². The largest absolute Gasteiger partial charge is 0.492 e. The van der Waals surface area contributed by atoms with Crippen LogP contribution in [0.2, 0.25) is 0 Å². The van der Waals surface area contributed by atoms with E-state index in [0.29, 0.717) is 22.7 Å². The molecule has 0 radical (unpaired) electrons. The van der Waals surface area contributed by atoms with Gasteiger partial charge in [0.05, 0.1) is 6.54 Å².